The number of hydrogen-bond acceptors (Lipinski definition) is 4. The van der Waals surface area contributed by atoms with Gasteiger partial charge in [-0.2, -0.15) is 0 Å². The van der Waals surface area contributed by atoms with Gasteiger partial charge >= 0.3 is 0 Å². The largest absolute Gasteiger partial charge is 0.488 e. The highest BCUT2D eigenvalue weighted by Gasteiger charge is 2.19. The third-order valence-corrected chi connectivity index (χ3v) is 4.11. The molecule has 0 unspecified atom stereocenters. The SMILES string of the molecule is CCOCCOc1c(Cl)cccc1NC(=O)C1=Cc2ccccc2OC1. The highest BCUT2D eigenvalue weighted by atomic mass is 35.5. The van der Waals surface area contributed by atoms with Gasteiger partial charge in [-0.15, -0.1) is 0 Å². The van der Waals surface area contributed by atoms with Crippen LogP contribution in [0.5, 0.6) is 11.5 Å². The first-order valence-corrected chi connectivity index (χ1v) is 8.79. The second kappa shape index (κ2) is 8.74. The van der Waals surface area contributed by atoms with Gasteiger partial charge in [0.25, 0.3) is 5.91 Å². The Hall–Kier alpha value is -2.50. The molecule has 0 atom stereocenters. The fourth-order valence-corrected chi connectivity index (χ4v) is 2.78. The highest BCUT2D eigenvalue weighted by molar-refractivity contribution is 6.32. The second-order valence-corrected chi connectivity index (χ2v) is 6.02. The number of halogens is 1. The fourth-order valence-electron chi connectivity index (χ4n) is 2.55. The molecular weight excluding hydrogens is 354 g/mol. The van der Waals surface area contributed by atoms with E-state index in [4.69, 9.17) is 25.8 Å². The van der Waals surface area contributed by atoms with Crippen molar-refractivity contribution >= 4 is 29.3 Å². The van der Waals surface area contributed by atoms with Gasteiger partial charge in [0.15, 0.2) is 5.75 Å². The number of para-hydroxylation sites is 2. The van der Waals surface area contributed by atoms with E-state index in [2.05, 4.69) is 5.32 Å². The van der Waals surface area contributed by atoms with Crippen LogP contribution in [0, 0.1) is 0 Å². The molecule has 2 aromatic rings. The molecule has 0 fully saturated rings. The first-order chi connectivity index (χ1) is 12.7. The van der Waals surface area contributed by atoms with Crippen molar-refractivity contribution in [1.82, 2.24) is 0 Å². The van der Waals surface area contributed by atoms with E-state index >= 15 is 0 Å². The van der Waals surface area contributed by atoms with Gasteiger partial charge in [-0.3, -0.25) is 4.79 Å². The lowest BCUT2D eigenvalue weighted by atomic mass is 10.1. The molecule has 0 spiro atoms. The summed E-state index contributed by atoms with van der Waals surface area (Å²) in [6.07, 6.45) is 1.83. The van der Waals surface area contributed by atoms with Gasteiger partial charge in [-0.05, 0) is 31.2 Å². The van der Waals surface area contributed by atoms with E-state index in [-0.39, 0.29) is 12.5 Å². The second-order valence-electron chi connectivity index (χ2n) is 5.61. The van der Waals surface area contributed by atoms with Crippen molar-refractivity contribution in [3.05, 3.63) is 58.6 Å². The van der Waals surface area contributed by atoms with Crippen LogP contribution in [0.3, 0.4) is 0 Å². The lowest BCUT2D eigenvalue weighted by Gasteiger charge is -2.18. The number of anilines is 1. The number of carbonyl (C=O) groups excluding carboxylic acids is 1. The Morgan fingerprint density at radius 2 is 2.04 bits per heavy atom. The van der Waals surface area contributed by atoms with Crippen LogP contribution in [0.4, 0.5) is 5.69 Å². The maximum absolute atomic E-state index is 12.6. The molecule has 1 heterocycles. The van der Waals surface area contributed by atoms with Gasteiger partial charge in [-0.25, -0.2) is 0 Å². The fraction of sp³-hybridized carbons (Fsp3) is 0.250. The quantitative estimate of drug-likeness (QED) is 0.740. The molecule has 3 rings (SSSR count). The van der Waals surface area contributed by atoms with Crippen LogP contribution in [0.2, 0.25) is 5.02 Å². The summed E-state index contributed by atoms with van der Waals surface area (Å²) in [4.78, 5) is 12.6. The van der Waals surface area contributed by atoms with Gasteiger partial charge < -0.3 is 19.5 Å². The topological polar surface area (TPSA) is 56.8 Å². The molecule has 0 aromatic heterocycles. The molecule has 6 heteroatoms. The summed E-state index contributed by atoms with van der Waals surface area (Å²) < 4.78 is 16.6. The molecule has 1 N–H and O–H groups in total. The minimum absolute atomic E-state index is 0.212. The number of fused-ring (bicyclic) bond motifs is 1. The molecule has 136 valence electrons. The van der Waals surface area contributed by atoms with Crippen LogP contribution in [-0.4, -0.2) is 32.3 Å². The Balaban J connectivity index is 1.73. The third-order valence-electron chi connectivity index (χ3n) is 3.82. The van der Waals surface area contributed by atoms with Crippen molar-refractivity contribution in [1.29, 1.82) is 0 Å². The van der Waals surface area contributed by atoms with Gasteiger partial charge in [0, 0.05) is 12.2 Å². The Morgan fingerprint density at radius 1 is 1.19 bits per heavy atom. The summed E-state index contributed by atoms with van der Waals surface area (Å²) in [6, 6.07) is 12.8. The molecule has 1 aliphatic rings. The Kier molecular flexibility index (Phi) is 6.15. The number of nitrogens with one attached hydrogen (secondary N) is 1. The predicted molar refractivity (Wildman–Crippen MR) is 102 cm³/mol. The van der Waals surface area contributed by atoms with E-state index in [1.807, 2.05) is 37.3 Å². The summed E-state index contributed by atoms with van der Waals surface area (Å²) >= 11 is 6.22. The third kappa shape index (κ3) is 4.36. The maximum Gasteiger partial charge on any atom is 0.255 e. The zero-order valence-corrected chi connectivity index (χ0v) is 15.2. The van der Waals surface area contributed by atoms with E-state index in [9.17, 15) is 4.79 Å². The summed E-state index contributed by atoms with van der Waals surface area (Å²) in [5.74, 6) is 0.947. The van der Waals surface area contributed by atoms with E-state index in [0.717, 1.165) is 11.3 Å². The number of ether oxygens (including phenoxy) is 3. The highest BCUT2D eigenvalue weighted by Crippen LogP contribution is 2.34. The Morgan fingerprint density at radius 3 is 2.88 bits per heavy atom. The first-order valence-electron chi connectivity index (χ1n) is 8.42. The predicted octanol–water partition coefficient (Wildman–Crippen LogP) is 4.17. The minimum atomic E-state index is -0.253. The molecule has 0 radical (unpaired) electrons. The Labute approximate surface area is 157 Å². The molecule has 1 aliphatic heterocycles. The number of hydrogen-bond donors (Lipinski definition) is 1. The average Bonchev–Trinajstić information content (AvgIpc) is 2.66. The zero-order valence-electron chi connectivity index (χ0n) is 14.5. The first kappa shape index (κ1) is 18.3. The molecular formula is C20H20ClNO4. The Bertz CT molecular complexity index is 819. The molecule has 2 aromatic carbocycles. The number of rotatable bonds is 7. The minimum Gasteiger partial charge on any atom is -0.488 e. The molecule has 1 amide bonds. The molecule has 26 heavy (non-hydrogen) atoms. The maximum atomic E-state index is 12.6. The van der Waals surface area contributed by atoms with Crippen LogP contribution in [-0.2, 0) is 9.53 Å². The van der Waals surface area contributed by atoms with Crippen LogP contribution in [0.1, 0.15) is 12.5 Å². The summed E-state index contributed by atoms with van der Waals surface area (Å²) in [5.41, 5.74) is 1.92. The smallest absolute Gasteiger partial charge is 0.255 e. The van der Waals surface area contributed by atoms with Crippen LogP contribution in [0.15, 0.2) is 48.0 Å². The summed E-state index contributed by atoms with van der Waals surface area (Å²) in [5, 5.41) is 3.28. The van der Waals surface area contributed by atoms with Crippen LogP contribution < -0.4 is 14.8 Å². The van der Waals surface area contributed by atoms with Gasteiger partial charge in [0.2, 0.25) is 0 Å². The normalized spacial score (nSPS) is 12.6. The lowest BCUT2D eigenvalue weighted by Crippen LogP contribution is -2.21. The number of benzene rings is 2. The average molecular weight is 374 g/mol. The molecule has 0 saturated heterocycles. The van der Waals surface area contributed by atoms with Gasteiger partial charge in [-0.1, -0.05) is 35.9 Å². The molecule has 5 nitrogen and oxygen atoms in total. The molecule has 0 aliphatic carbocycles. The van der Waals surface area contributed by atoms with Crippen molar-refractivity contribution in [3.63, 3.8) is 0 Å². The van der Waals surface area contributed by atoms with Gasteiger partial charge in [0.1, 0.15) is 19.0 Å². The van der Waals surface area contributed by atoms with Gasteiger partial charge in [0.05, 0.1) is 22.9 Å². The zero-order chi connectivity index (χ0) is 18.4. The van der Waals surface area contributed by atoms with Crippen molar-refractivity contribution in [3.8, 4) is 11.5 Å². The number of amides is 1. The monoisotopic (exact) mass is 373 g/mol. The summed E-state index contributed by atoms with van der Waals surface area (Å²) in [7, 11) is 0. The van der Waals surface area contributed by atoms with Crippen molar-refractivity contribution < 1.29 is 19.0 Å². The van der Waals surface area contributed by atoms with E-state index in [0.29, 0.717) is 41.9 Å². The molecule has 0 saturated carbocycles. The summed E-state index contributed by atoms with van der Waals surface area (Å²) in [6.45, 7) is 3.54. The van der Waals surface area contributed by atoms with E-state index in [1.54, 1.807) is 18.2 Å². The number of carbonyl (C=O) groups is 1. The molecule has 0 bridgehead atoms. The lowest BCUT2D eigenvalue weighted by molar-refractivity contribution is -0.113. The van der Waals surface area contributed by atoms with Crippen molar-refractivity contribution in [2.75, 3.05) is 31.7 Å². The standard InChI is InChI=1S/C20H20ClNO4/c1-2-24-10-11-25-19-16(21)7-5-8-17(19)22-20(23)15-12-14-6-3-4-9-18(14)26-13-15/h3-9,12H,2,10-11,13H2,1H3,(H,22,23). The van der Waals surface area contributed by atoms with Crippen LogP contribution >= 0.6 is 11.6 Å². The van der Waals surface area contributed by atoms with Crippen molar-refractivity contribution in [2.24, 2.45) is 0 Å². The van der Waals surface area contributed by atoms with Crippen LogP contribution in [0.25, 0.3) is 6.08 Å². The van der Waals surface area contributed by atoms with Crippen molar-refractivity contribution in [2.45, 2.75) is 6.92 Å². The van der Waals surface area contributed by atoms with E-state index in [1.165, 1.54) is 0 Å². The van der Waals surface area contributed by atoms with E-state index < -0.39 is 0 Å².